The smallest absolute Gasteiger partial charge is 0 e. The third kappa shape index (κ3) is 46.5. The van der Waals surface area contributed by atoms with Gasteiger partial charge in [0.2, 0.25) is 0 Å². The summed E-state index contributed by atoms with van der Waals surface area (Å²) >= 11 is 0. The standard InChI is InChI=1S/5C6H11.C6H7.5Cu/c6*1-2-4-6-5-3-1;;;;;/h5*1H,2-6H2;1-5H,6H2;;;;;/q6*-1;;;;;. The molecule has 0 spiro atoms. The molecule has 0 saturated heterocycles. The normalized spacial score (nSPS) is 20.1. The molecule has 0 nitrogen and oxygen atoms in total. The Morgan fingerprint density at radius 3 is 0.512 bits per heavy atom. The van der Waals surface area contributed by atoms with Gasteiger partial charge in [0.05, 0.1) is 0 Å². The van der Waals surface area contributed by atoms with E-state index in [0.717, 1.165) is 6.42 Å². The molecule has 267 valence electrons. The SMILES string of the molecule is C1=CCC=C[CH-]1.[CH-]1CCCCC1.[CH-]1CCCCC1.[CH-]1CCCCC1.[CH-]1CCCCC1.[CH-]1CCCCC1.[Cu].[Cu].[Cu].[Cu].[Cu]. The van der Waals surface area contributed by atoms with E-state index in [1.807, 2.05) is 6.42 Å². The molecule has 0 heterocycles. The third-order valence-corrected chi connectivity index (χ3v) is 7.35. The minimum absolute atomic E-state index is 0. The summed E-state index contributed by atoms with van der Waals surface area (Å²) in [6.07, 6.45) is 59.0. The first kappa shape index (κ1) is 52.5. The molecule has 0 unspecified atom stereocenters. The zero-order chi connectivity index (χ0) is 25.5. The van der Waals surface area contributed by atoms with Gasteiger partial charge in [-0.3, -0.25) is 0 Å². The fourth-order valence-corrected chi connectivity index (χ4v) is 4.95. The summed E-state index contributed by atoms with van der Waals surface area (Å²) in [4.78, 5) is 0. The van der Waals surface area contributed by atoms with Crippen molar-refractivity contribution >= 4 is 0 Å². The largest absolute Gasteiger partial charge is 0.328 e. The van der Waals surface area contributed by atoms with Crippen molar-refractivity contribution in [2.75, 3.05) is 0 Å². The molecule has 0 N–H and O–H groups in total. The molecule has 6 aliphatic carbocycles. The monoisotopic (exact) mass is 809 g/mol. The van der Waals surface area contributed by atoms with Gasteiger partial charge in [0.25, 0.3) is 0 Å². The number of hydrogen-bond acceptors (Lipinski definition) is 0. The molecule has 0 aromatic rings. The van der Waals surface area contributed by atoms with Gasteiger partial charge in [-0.1, -0.05) is 96.3 Å². The van der Waals surface area contributed by atoms with E-state index in [9.17, 15) is 0 Å². The van der Waals surface area contributed by atoms with Crippen molar-refractivity contribution in [2.45, 2.75) is 167 Å². The van der Waals surface area contributed by atoms with E-state index in [0.29, 0.717) is 0 Å². The quantitative estimate of drug-likeness (QED) is 0.169. The van der Waals surface area contributed by atoms with Gasteiger partial charge in [-0.25, -0.2) is 0 Å². The first-order valence-corrected chi connectivity index (χ1v) is 16.2. The van der Waals surface area contributed by atoms with Gasteiger partial charge < -0.3 is 32.1 Å². The van der Waals surface area contributed by atoms with Crippen molar-refractivity contribution in [3.05, 3.63) is 62.8 Å². The van der Waals surface area contributed by atoms with Crippen LogP contribution in [0.1, 0.15) is 167 Å². The summed E-state index contributed by atoms with van der Waals surface area (Å²) in [6.45, 7) is 0. The van der Waals surface area contributed by atoms with Crippen LogP contribution in [0, 0.1) is 38.5 Å². The fourth-order valence-electron chi connectivity index (χ4n) is 4.95. The molecule has 0 bridgehead atoms. The maximum Gasteiger partial charge on any atom is 0 e. The summed E-state index contributed by atoms with van der Waals surface area (Å²) in [6, 6.07) is 0. The van der Waals surface area contributed by atoms with Crippen molar-refractivity contribution < 1.29 is 85.3 Å². The molecular weight excluding hydrogens is 750 g/mol. The molecule has 6 aliphatic rings. The van der Waals surface area contributed by atoms with Crippen LogP contribution in [-0.2, 0) is 85.3 Å². The number of allylic oxidation sites excluding steroid dienone is 4. The number of hydrogen-bond donors (Lipinski definition) is 0. The fraction of sp³-hybridized carbons (Fsp3) is 0.722. The zero-order valence-corrected chi connectivity index (χ0v) is 30.4. The van der Waals surface area contributed by atoms with Crippen LogP contribution in [0.4, 0.5) is 0 Å². The van der Waals surface area contributed by atoms with Crippen LogP contribution >= 0.6 is 0 Å². The Bertz CT molecular complexity index is 300. The molecule has 6 rings (SSSR count). The van der Waals surface area contributed by atoms with Crippen molar-refractivity contribution in [2.24, 2.45) is 0 Å². The Morgan fingerprint density at radius 1 is 0.268 bits per heavy atom. The van der Waals surface area contributed by atoms with Gasteiger partial charge in [-0.15, -0.1) is 6.42 Å². The van der Waals surface area contributed by atoms with Crippen LogP contribution in [0.15, 0.2) is 24.3 Å². The topological polar surface area (TPSA) is 0 Å². The summed E-state index contributed by atoms with van der Waals surface area (Å²) in [5.74, 6) is 0. The molecule has 5 heteroatoms. The van der Waals surface area contributed by atoms with E-state index in [2.05, 4.69) is 56.4 Å². The van der Waals surface area contributed by atoms with Gasteiger partial charge in [-0.2, -0.15) is 94.9 Å². The summed E-state index contributed by atoms with van der Waals surface area (Å²) < 4.78 is 0. The zero-order valence-electron chi connectivity index (χ0n) is 25.7. The van der Waals surface area contributed by atoms with Crippen molar-refractivity contribution in [1.82, 2.24) is 0 Å². The van der Waals surface area contributed by atoms with Gasteiger partial charge in [0, 0.05) is 85.3 Å². The molecular formula is C36H62Cu5-6. The first-order valence-electron chi connectivity index (χ1n) is 16.2. The maximum atomic E-state index is 2.39. The van der Waals surface area contributed by atoms with Crippen LogP contribution < -0.4 is 0 Å². The molecule has 5 fully saturated rings. The molecule has 5 radical (unpaired) electrons. The van der Waals surface area contributed by atoms with Crippen LogP contribution in [-0.4, -0.2) is 0 Å². The van der Waals surface area contributed by atoms with Gasteiger partial charge in [0.15, 0.2) is 0 Å². The summed E-state index contributed by atoms with van der Waals surface area (Å²) in [5, 5.41) is 0. The molecule has 0 aromatic heterocycles. The Hall–Kier alpha value is 1.95. The van der Waals surface area contributed by atoms with Gasteiger partial charge in [-0.05, 0) is 0 Å². The van der Waals surface area contributed by atoms with Crippen LogP contribution in [0.5, 0.6) is 0 Å². The minimum Gasteiger partial charge on any atom is -0.328 e. The minimum atomic E-state index is 0. The molecule has 0 atom stereocenters. The van der Waals surface area contributed by atoms with E-state index >= 15 is 0 Å². The Morgan fingerprint density at radius 2 is 0.463 bits per heavy atom. The average molecular weight is 813 g/mol. The Kier molecular flexibility index (Phi) is 62.5. The van der Waals surface area contributed by atoms with Crippen LogP contribution in [0.3, 0.4) is 0 Å². The van der Waals surface area contributed by atoms with Gasteiger partial charge >= 0.3 is 0 Å². The molecule has 0 aliphatic heterocycles. The maximum absolute atomic E-state index is 2.39. The molecule has 0 aromatic carbocycles. The predicted molar refractivity (Wildman–Crippen MR) is 164 cm³/mol. The average Bonchev–Trinajstić information content (AvgIpc) is 3.04. The molecule has 0 amide bonds. The van der Waals surface area contributed by atoms with Crippen LogP contribution in [0.2, 0.25) is 0 Å². The Balaban J connectivity index is -0.000000123. The summed E-state index contributed by atoms with van der Waals surface area (Å²) in [5.41, 5.74) is 0. The van der Waals surface area contributed by atoms with Crippen molar-refractivity contribution in [1.29, 1.82) is 0 Å². The molecule has 5 saturated carbocycles. The van der Waals surface area contributed by atoms with E-state index in [1.165, 1.54) is 161 Å². The second-order valence-corrected chi connectivity index (χ2v) is 10.9. The predicted octanol–water partition coefficient (Wildman–Crippen LogP) is 12.5. The number of rotatable bonds is 0. The van der Waals surface area contributed by atoms with Crippen molar-refractivity contribution in [3.8, 4) is 0 Å². The second-order valence-electron chi connectivity index (χ2n) is 10.9. The van der Waals surface area contributed by atoms with E-state index < -0.39 is 0 Å². The third-order valence-electron chi connectivity index (χ3n) is 7.35. The van der Waals surface area contributed by atoms with Crippen LogP contribution in [0.25, 0.3) is 0 Å². The van der Waals surface area contributed by atoms with Crippen molar-refractivity contribution in [3.63, 3.8) is 0 Å². The van der Waals surface area contributed by atoms with E-state index in [1.54, 1.807) is 0 Å². The Labute approximate surface area is 312 Å². The van der Waals surface area contributed by atoms with Gasteiger partial charge in [0.1, 0.15) is 0 Å². The van der Waals surface area contributed by atoms with E-state index in [4.69, 9.17) is 0 Å². The first-order chi connectivity index (χ1) is 18.0. The van der Waals surface area contributed by atoms with E-state index in [-0.39, 0.29) is 85.3 Å². The second kappa shape index (κ2) is 48.8. The molecule has 41 heavy (non-hydrogen) atoms. The summed E-state index contributed by atoms with van der Waals surface area (Å²) in [7, 11) is 0.